The number of alkyl halides is 2. The number of piperidine rings is 1. The topological polar surface area (TPSA) is 84.3 Å². The molecule has 0 aliphatic carbocycles. The van der Waals surface area contributed by atoms with E-state index in [-0.39, 0.29) is 29.2 Å². The fourth-order valence-electron chi connectivity index (χ4n) is 4.35. The molecule has 0 spiro atoms. The van der Waals surface area contributed by atoms with Crippen LogP contribution in [0.5, 0.6) is 0 Å². The predicted octanol–water partition coefficient (Wildman–Crippen LogP) is 2.12. The summed E-state index contributed by atoms with van der Waals surface area (Å²) in [6.07, 6.45) is 3.17. The average Bonchev–Trinajstić information content (AvgIpc) is 3.18. The van der Waals surface area contributed by atoms with E-state index in [0.29, 0.717) is 22.8 Å². The molecule has 2 saturated heterocycles. The molecule has 30 heavy (non-hydrogen) atoms. The van der Waals surface area contributed by atoms with Crippen LogP contribution in [0.2, 0.25) is 0 Å². The van der Waals surface area contributed by atoms with Gasteiger partial charge in [0.15, 0.2) is 15.0 Å². The standard InChI is InChI=1S/C19H24F2N4O3S2/c20-18(21)29-19-23-13-6-2-3-7-15(13)25(19)10-17(26)22-14-11-30(27,28)12-16(14)24-8-4-1-5-9-24/h2-3,6-7,14,16,18H,1,4-5,8-12H2,(H,22,26)/t14-,16+/m0/s1. The summed E-state index contributed by atoms with van der Waals surface area (Å²) in [5.74, 6) is -3.12. The Hall–Kier alpha value is -1.72. The van der Waals surface area contributed by atoms with Crippen molar-refractivity contribution in [1.29, 1.82) is 0 Å². The molecule has 4 rings (SSSR count). The molecule has 2 aliphatic heterocycles. The molecule has 1 aromatic carbocycles. The molecule has 0 bridgehead atoms. The fraction of sp³-hybridized carbons (Fsp3) is 0.579. The molecule has 0 saturated carbocycles. The molecule has 2 aromatic rings. The SMILES string of the molecule is O=C(Cn1c(SC(F)F)nc2ccccc21)N[C@H]1CS(=O)(=O)C[C@H]1N1CCCCC1. The minimum atomic E-state index is -3.24. The van der Waals surface area contributed by atoms with Crippen LogP contribution in [-0.4, -0.2) is 71.2 Å². The van der Waals surface area contributed by atoms with E-state index >= 15 is 0 Å². The van der Waals surface area contributed by atoms with Gasteiger partial charge in [0.1, 0.15) is 6.54 Å². The van der Waals surface area contributed by atoms with Crippen LogP contribution >= 0.6 is 11.8 Å². The van der Waals surface area contributed by atoms with E-state index in [4.69, 9.17) is 0 Å². The van der Waals surface area contributed by atoms with E-state index < -0.39 is 27.5 Å². The zero-order valence-electron chi connectivity index (χ0n) is 16.3. The van der Waals surface area contributed by atoms with Crippen molar-refractivity contribution in [3.8, 4) is 0 Å². The Labute approximate surface area is 178 Å². The van der Waals surface area contributed by atoms with E-state index in [1.54, 1.807) is 24.3 Å². The lowest BCUT2D eigenvalue weighted by atomic mass is 10.0. The molecular weight excluding hydrogens is 434 g/mol. The Bertz CT molecular complexity index is 1020. The number of imidazole rings is 1. The molecule has 1 N–H and O–H groups in total. The first-order chi connectivity index (χ1) is 14.3. The van der Waals surface area contributed by atoms with Crippen molar-refractivity contribution < 1.29 is 22.0 Å². The summed E-state index contributed by atoms with van der Waals surface area (Å²) in [4.78, 5) is 19.2. The van der Waals surface area contributed by atoms with E-state index in [0.717, 1.165) is 32.4 Å². The molecule has 11 heteroatoms. The normalized spacial score (nSPS) is 24.5. The highest BCUT2D eigenvalue weighted by molar-refractivity contribution is 7.99. The van der Waals surface area contributed by atoms with Crippen LogP contribution < -0.4 is 5.32 Å². The van der Waals surface area contributed by atoms with Crippen LogP contribution in [0.1, 0.15) is 19.3 Å². The molecule has 7 nitrogen and oxygen atoms in total. The van der Waals surface area contributed by atoms with Crippen molar-refractivity contribution >= 4 is 38.5 Å². The van der Waals surface area contributed by atoms with Crippen molar-refractivity contribution in [1.82, 2.24) is 19.8 Å². The Morgan fingerprint density at radius 1 is 1.20 bits per heavy atom. The second-order valence-corrected chi connectivity index (χ2v) is 10.9. The summed E-state index contributed by atoms with van der Waals surface area (Å²) < 4.78 is 51.9. The number of nitrogens with one attached hydrogen (secondary N) is 1. The smallest absolute Gasteiger partial charge is 0.291 e. The number of carbonyl (C=O) groups excluding carboxylic acids is 1. The number of sulfone groups is 1. The fourth-order valence-corrected chi connectivity index (χ4v) is 6.90. The zero-order valence-corrected chi connectivity index (χ0v) is 18.0. The third kappa shape index (κ3) is 4.78. The van der Waals surface area contributed by atoms with Gasteiger partial charge in [-0.15, -0.1) is 0 Å². The molecule has 3 heterocycles. The minimum Gasteiger partial charge on any atom is -0.349 e. The number of amides is 1. The summed E-state index contributed by atoms with van der Waals surface area (Å²) >= 11 is 0.293. The number of likely N-dealkylation sites (tertiary alicyclic amines) is 1. The number of halogens is 2. The second-order valence-electron chi connectivity index (χ2n) is 7.76. The van der Waals surface area contributed by atoms with Crippen LogP contribution in [0, 0.1) is 0 Å². The van der Waals surface area contributed by atoms with Gasteiger partial charge in [-0.25, -0.2) is 13.4 Å². The number of thioether (sulfide) groups is 1. The van der Waals surface area contributed by atoms with Crippen molar-refractivity contribution in [2.75, 3.05) is 24.6 Å². The Kier molecular flexibility index (Phi) is 6.31. The number of nitrogens with zero attached hydrogens (tertiary/aromatic N) is 3. The number of rotatable bonds is 6. The number of carbonyl (C=O) groups is 1. The first-order valence-corrected chi connectivity index (χ1v) is 12.7. The minimum absolute atomic E-state index is 0.0401. The van der Waals surface area contributed by atoms with Crippen LogP contribution in [0.4, 0.5) is 8.78 Å². The first kappa shape index (κ1) is 21.5. The second kappa shape index (κ2) is 8.80. The monoisotopic (exact) mass is 458 g/mol. The molecule has 2 aliphatic rings. The maximum Gasteiger partial charge on any atom is 0.291 e. The summed E-state index contributed by atoms with van der Waals surface area (Å²) in [6, 6.07) is 6.20. The molecule has 2 fully saturated rings. The highest BCUT2D eigenvalue weighted by Gasteiger charge is 2.42. The van der Waals surface area contributed by atoms with Crippen molar-refractivity contribution in [3.63, 3.8) is 0 Å². The Morgan fingerprint density at radius 3 is 2.67 bits per heavy atom. The number of hydrogen-bond acceptors (Lipinski definition) is 6. The van der Waals surface area contributed by atoms with Crippen molar-refractivity contribution in [3.05, 3.63) is 24.3 Å². The number of fused-ring (bicyclic) bond motifs is 1. The number of hydrogen-bond donors (Lipinski definition) is 1. The third-order valence-electron chi connectivity index (χ3n) is 5.64. The van der Waals surface area contributed by atoms with Gasteiger partial charge in [0, 0.05) is 6.04 Å². The van der Waals surface area contributed by atoms with E-state index in [2.05, 4.69) is 15.2 Å². The lowest BCUT2D eigenvalue weighted by Crippen LogP contribution is -2.53. The van der Waals surface area contributed by atoms with Crippen molar-refractivity contribution in [2.24, 2.45) is 0 Å². The van der Waals surface area contributed by atoms with E-state index in [1.165, 1.54) is 4.57 Å². The van der Waals surface area contributed by atoms with Gasteiger partial charge >= 0.3 is 0 Å². The largest absolute Gasteiger partial charge is 0.349 e. The quantitative estimate of drug-likeness (QED) is 0.668. The average molecular weight is 459 g/mol. The molecule has 0 unspecified atom stereocenters. The highest BCUT2D eigenvalue weighted by Crippen LogP contribution is 2.28. The molecular formula is C19H24F2N4O3S2. The Morgan fingerprint density at radius 2 is 1.93 bits per heavy atom. The molecule has 2 atom stereocenters. The maximum atomic E-state index is 13.0. The van der Waals surface area contributed by atoms with E-state index in [1.807, 2.05) is 0 Å². The van der Waals surface area contributed by atoms with Crippen LogP contribution in [-0.2, 0) is 21.2 Å². The van der Waals surface area contributed by atoms with E-state index in [9.17, 15) is 22.0 Å². The van der Waals surface area contributed by atoms with Crippen LogP contribution in [0.3, 0.4) is 0 Å². The van der Waals surface area contributed by atoms with Gasteiger partial charge in [-0.3, -0.25) is 9.69 Å². The summed E-state index contributed by atoms with van der Waals surface area (Å²) in [6.45, 7) is 1.46. The van der Waals surface area contributed by atoms with Gasteiger partial charge in [0.25, 0.3) is 5.76 Å². The third-order valence-corrected chi connectivity index (χ3v) is 8.06. The number of aromatic nitrogens is 2. The van der Waals surface area contributed by atoms with Crippen LogP contribution in [0.25, 0.3) is 11.0 Å². The van der Waals surface area contributed by atoms with Gasteiger partial charge in [-0.05, 0) is 49.8 Å². The van der Waals surface area contributed by atoms with Gasteiger partial charge in [0.2, 0.25) is 5.91 Å². The van der Waals surface area contributed by atoms with Gasteiger partial charge < -0.3 is 9.88 Å². The molecule has 164 valence electrons. The number of para-hydroxylation sites is 2. The van der Waals surface area contributed by atoms with Crippen molar-refractivity contribution in [2.45, 2.75) is 48.8 Å². The highest BCUT2D eigenvalue weighted by atomic mass is 32.2. The maximum absolute atomic E-state index is 13.0. The predicted molar refractivity (Wildman–Crippen MR) is 111 cm³/mol. The van der Waals surface area contributed by atoms with Gasteiger partial charge in [0.05, 0.1) is 28.6 Å². The first-order valence-electron chi connectivity index (χ1n) is 9.96. The molecule has 0 radical (unpaired) electrons. The molecule has 1 aromatic heterocycles. The zero-order chi connectivity index (χ0) is 21.3. The van der Waals surface area contributed by atoms with Gasteiger partial charge in [-0.2, -0.15) is 8.78 Å². The molecule has 1 amide bonds. The lowest BCUT2D eigenvalue weighted by Gasteiger charge is -2.35. The Balaban J connectivity index is 1.52. The lowest BCUT2D eigenvalue weighted by molar-refractivity contribution is -0.122. The summed E-state index contributed by atoms with van der Waals surface area (Å²) in [5, 5.41) is 2.92. The van der Waals surface area contributed by atoms with Crippen LogP contribution in [0.15, 0.2) is 29.4 Å². The number of benzene rings is 1. The summed E-state index contributed by atoms with van der Waals surface area (Å²) in [5.41, 5.74) is 1.12. The van der Waals surface area contributed by atoms with Gasteiger partial charge in [-0.1, -0.05) is 18.6 Å². The summed E-state index contributed by atoms with van der Waals surface area (Å²) in [7, 11) is -3.24.